The van der Waals surface area contributed by atoms with Gasteiger partial charge in [0.2, 0.25) is 0 Å². The lowest BCUT2D eigenvalue weighted by Crippen LogP contribution is -2.28. The predicted octanol–water partition coefficient (Wildman–Crippen LogP) is 3.53. The van der Waals surface area contributed by atoms with Crippen LogP contribution in [0.15, 0.2) is 24.3 Å². The molecular weight excluding hydrogens is 256 g/mol. The Bertz CT molecular complexity index is 570. The quantitative estimate of drug-likeness (QED) is 0.929. The maximum Gasteiger partial charge on any atom is 0.140 e. The van der Waals surface area contributed by atoms with Gasteiger partial charge in [-0.3, -0.25) is 0 Å². The van der Waals surface area contributed by atoms with Crippen LogP contribution >= 0.6 is 11.3 Å². The third kappa shape index (κ3) is 3.55. The molecule has 0 amide bonds. The Labute approximate surface area is 118 Å². The molecule has 0 radical (unpaired) electrons. The molecule has 0 aliphatic rings. The molecule has 2 aromatic rings. The summed E-state index contributed by atoms with van der Waals surface area (Å²) in [6.07, 6.45) is 0. The van der Waals surface area contributed by atoms with Gasteiger partial charge in [-0.25, -0.2) is 4.98 Å². The number of benzene rings is 1. The fraction of sp³-hybridized carbons (Fsp3) is 0.400. The second kappa shape index (κ2) is 5.31. The van der Waals surface area contributed by atoms with Gasteiger partial charge in [-0.15, -0.1) is 11.3 Å². The Morgan fingerprint density at radius 2 is 2.05 bits per heavy atom. The number of ether oxygens (including phenoxy) is 1. The highest BCUT2D eigenvalue weighted by atomic mass is 32.1. The van der Waals surface area contributed by atoms with Gasteiger partial charge in [0.15, 0.2) is 0 Å². The number of rotatable bonds is 4. The lowest BCUT2D eigenvalue weighted by atomic mass is 10.0. The van der Waals surface area contributed by atoms with Gasteiger partial charge < -0.3 is 10.5 Å². The van der Waals surface area contributed by atoms with Crippen LogP contribution in [0.2, 0.25) is 0 Å². The molecule has 2 N–H and O–H groups in total. The molecule has 0 saturated heterocycles. The fourth-order valence-electron chi connectivity index (χ4n) is 1.96. The van der Waals surface area contributed by atoms with Crippen molar-refractivity contribution in [3.63, 3.8) is 0 Å². The van der Waals surface area contributed by atoms with E-state index in [9.17, 15) is 0 Å². The lowest BCUT2D eigenvalue weighted by molar-refractivity contribution is 0.305. The molecule has 0 saturated carbocycles. The van der Waals surface area contributed by atoms with Crippen molar-refractivity contribution in [3.05, 3.63) is 45.4 Å². The first-order chi connectivity index (χ1) is 8.86. The van der Waals surface area contributed by atoms with Gasteiger partial charge in [0.25, 0.3) is 0 Å². The standard InChI is InChI=1S/C15H20N2OS/c1-10-6-5-7-12(8-10)18-9-13-17-11(2)14(19-13)15(3,4)16/h5-8H,9,16H2,1-4H3. The number of aryl methyl sites for hydroxylation is 2. The molecule has 0 bridgehead atoms. The van der Waals surface area contributed by atoms with Crippen LogP contribution in [0.25, 0.3) is 0 Å². The van der Waals surface area contributed by atoms with Crippen LogP contribution in [0.4, 0.5) is 0 Å². The largest absolute Gasteiger partial charge is 0.486 e. The molecule has 3 nitrogen and oxygen atoms in total. The number of aromatic nitrogens is 1. The monoisotopic (exact) mass is 276 g/mol. The molecule has 0 aliphatic carbocycles. The zero-order chi connectivity index (χ0) is 14.0. The minimum Gasteiger partial charge on any atom is -0.486 e. The second-order valence-corrected chi connectivity index (χ2v) is 6.43. The third-order valence-electron chi connectivity index (χ3n) is 2.78. The van der Waals surface area contributed by atoms with Crippen molar-refractivity contribution in [1.29, 1.82) is 0 Å². The molecule has 102 valence electrons. The summed E-state index contributed by atoms with van der Waals surface area (Å²) in [6, 6.07) is 8.02. The number of nitrogens with zero attached hydrogens (tertiary/aromatic N) is 1. The van der Waals surface area contributed by atoms with E-state index in [0.717, 1.165) is 21.3 Å². The molecule has 1 aromatic carbocycles. The average Bonchev–Trinajstić information content (AvgIpc) is 2.68. The summed E-state index contributed by atoms with van der Waals surface area (Å²) in [7, 11) is 0. The molecule has 1 heterocycles. The summed E-state index contributed by atoms with van der Waals surface area (Å²) in [5, 5.41) is 0.965. The zero-order valence-corrected chi connectivity index (χ0v) is 12.7. The van der Waals surface area contributed by atoms with Crippen molar-refractivity contribution in [2.45, 2.75) is 39.8 Å². The Hall–Kier alpha value is -1.39. The second-order valence-electron chi connectivity index (χ2n) is 5.35. The minimum atomic E-state index is -0.344. The summed E-state index contributed by atoms with van der Waals surface area (Å²) in [6.45, 7) is 8.54. The number of hydrogen-bond acceptors (Lipinski definition) is 4. The molecule has 1 aromatic heterocycles. The highest BCUT2D eigenvalue weighted by Gasteiger charge is 2.21. The number of hydrogen-bond donors (Lipinski definition) is 1. The van der Waals surface area contributed by atoms with Crippen molar-refractivity contribution in [2.75, 3.05) is 0 Å². The van der Waals surface area contributed by atoms with E-state index < -0.39 is 0 Å². The van der Waals surface area contributed by atoms with Gasteiger partial charge in [-0.05, 0) is 45.4 Å². The summed E-state index contributed by atoms with van der Waals surface area (Å²) < 4.78 is 5.76. The van der Waals surface area contributed by atoms with Crippen LogP contribution in [0, 0.1) is 13.8 Å². The Morgan fingerprint density at radius 1 is 1.32 bits per heavy atom. The van der Waals surface area contributed by atoms with E-state index in [0.29, 0.717) is 6.61 Å². The zero-order valence-electron chi connectivity index (χ0n) is 11.9. The van der Waals surface area contributed by atoms with Gasteiger partial charge in [0.1, 0.15) is 17.4 Å². The molecule has 0 unspecified atom stereocenters. The van der Waals surface area contributed by atoms with Gasteiger partial charge in [0, 0.05) is 10.4 Å². The van der Waals surface area contributed by atoms with Crippen molar-refractivity contribution in [2.24, 2.45) is 5.73 Å². The van der Waals surface area contributed by atoms with Crippen molar-refractivity contribution >= 4 is 11.3 Å². The van der Waals surface area contributed by atoms with Crippen molar-refractivity contribution in [3.8, 4) is 5.75 Å². The van der Waals surface area contributed by atoms with Crippen LogP contribution in [-0.2, 0) is 12.1 Å². The summed E-state index contributed by atoms with van der Waals surface area (Å²) in [4.78, 5) is 5.65. The number of thiazole rings is 1. The first kappa shape index (κ1) is 14.0. The molecule has 0 aliphatic heterocycles. The van der Waals surface area contributed by atoms with E-state index in [4.69, 9.17) is 10.5 Å². The molecule has 2 rings (SSSR count). The summed E-state index contributed by atoms with van der Waals surface area (Å²) >= 11 is 1.63. The van der Waals surface area contributed by atoms with Crippen molar-refractivity contribution < 1.29 is 4.74 Å². The first-order valence-corrected chi connectivity index (χ1v) is 7.13. The van der Waals surface area contributed by atoms with E-state index in [1.807, 2.05) is 39.0 Å². The third-order valence-corrected chi connectivity index (χ3v) is 4.25. The van der Waals surface area contributed by atoms with E-state index in [1.165, 1.54) is 5.56 Å². The van der Waals surface area contributed by atoms with Crippen LogP contribution in [0.3, 0.4) is 0 Å². The molecule has 19 heavy (non-hydrogen) atoms. The smallest absolute Gasteiger partial charge is 0.140 e. The van der Waals surface area contributed by atoms with Gasteiger partial charge in [0.05, 0.1) is 5.69 Å². The Morgan fingerprint density at radius 3 is 2.63 bits per heavy atom. The Balaban J connectivity index is 2.09. The van der Waals surface area contributed by atoms with Crippen LogP contribution < -0.4 is 10.5 Å². The van der Waals surface area contributed by atoms with Gasteiger partial charge >= 0.3 is 0 Å². The predicted molar refractivity (Wildman–Crippen MR) is 79.6 cm³/mol. The lowest BCUT2D eigenvalue weighted by Gasteiger charge is -2.16. The topological polar surface area (TPSA) is 48.1 Å². The first-order valence-electron chi connectivity index (χ1n) is 6.31. The highest BCUT2D eigenvalue weighted by Crippen LogP contribution is 2.28. The SMILES string of the molecule is Cc1cccc(OCc2nc(C)c(C(C)(C)N)s2)c1. The highest BCUT2D eigenvalue weighted by molar-refractivity contribution is 7.11. The van der Waals surface area contributed by atoms with E-state index in [-0.39, 0.29) is 5.54 Å². The minimum absolute atomic E-state index is 0.344. The maximum absolute atomic E-state index is 6.13. The molecule has 0 atom stereocenters. The molecular formula is C15H20N2OS. The normalized spacial score (nSPS) is 11.6. The maximum atomic E-state index is 6.13. The van der Waals surface area contributed by atoms with E-state index >= 15 is 0 Å². The molecule has 0 fully saturated rings. The Kier molecular flexibility index (Phi) is 3.92. The van der Waals surface area contributed by atoms with Crippen LogP contribution in [0.5, 0.6) is 5.75 Å². The van der Waals surface area contributed by atoms with E-state index in [1.54, 1.807) is 11.3 Å². The van der Waals surface area contributed by atoms with Gasteiger partial charge in [-0.2, -0.15) is 0 Å². The fourth-order valence-corrected chi connectivity index (χ4v) is 2.95. The molecule has 4 heteroatoms. The average molecular weight is 276 g/mol. The van der Waals surface area contributed by atoms with Crippen LogP contribution in [0.1, 0.15) is 35.0 Å². The molecule has 0 spiro atoms. The summed E-state index contributed by atoms with van der Waals surface area (Å²) in [5.74, 6) is 0.876. The van der Waals surface area contributed by atoms with Gasteiger partial charge in [-0.1, -0.05) is 12.1 Å². The van der Waals surface area contributed by atoms with Crippen LogP contribution in [-0.4, -0.2) is 4.98 Å². The van der Waals surface area contributed by atoms with E-state index in [2.05, 4.69) is 18.0 Å². The number of nitrogens with two attached hydrogens (primary N) is 1. The summed E-state index contributed by atoms with van der Waals surface area (Å²) in [5.41, 5.74) is 7.98. The van der Waals surface area contributed by atoms with Crippen molar-refractivity contribution in [1.82, 2.24) is 4.98 Å².